The highest BCUT2D eigenvalue weighted by Crippen LogP contribution is 2.33. The van der Waals surface area contributed by atoms with Crippen molar-refractivity contribution in [2.24, 2.45) is 0 Å². The lowest BCUT2D eigenvalue weighted by Gasteiger charge is -2.16. The SMILES string of the molecule is Cc1ccc(N2C[C@@H](c3nnc(NC(=O)c4ccc5c(c4)OCO5)o3)CC2=O)cc1. The second kappa shape index (κ2) is 7.18. The van der Waals surface area contributed by atoms with Crippen LogP contribution < -0.4 is 19.7 Å². The molecule has 3 heterocycles. The zero-order chi connectivity index (χ0) is 20.7. The summed E-state index contributed by atoms with van der Waals surface area (Å²) >= 11 is 0. The van der Waals surface area contributed by atoms with Gasteiger partial charge in [0.1, 0.15) is 0 Å². The Labute approximate surface area is 171 Å². The second-order valence-corrected chi connectivity index (χ2v) is 7.21. The summed E-state index contributed by atoms with van der Waals surface area (Å²) in [5, 5.41) is 10.5. The first-order valence-corrected chi connectivity index (χ1v) is 9.48. The number of hydrogen-bond donors (Lipinski definition) is 1. The maximum atomic E-state index is 12.5. The molecule has 1 fully saturated rings. The molecule has 30 heavy (non-hydrogen) atoms. The third-order valence-corrected chi connectivity index (χ3v) is 5.12. The molecule has 1 atom stereocenters. The van der Waals surface area contributed by atoms with E-state index in [4.69, 9.17) is 13.9 Å². The minimum Gasteiger partial charge on any atom is -0.454 e. The summed E-state index contributed by atoms with van der Waals surface area (Å²) in [6.07, 6.45) is 0.269. The Bertz CT molecular complexity index is 1120. The van der Waals surface area contributed by atoms with E-state index in [9.17, 15) is 9.59 Å². The Morgan fingerprint density at radius 3 is 2.73 bits per heavy atom. The van der Waals surface area contributed by atoms with Gasteiger partial charge >= 0.3 is 6.01 Å². The Balaban J connectivity index is 1.27. The Hall–Kier alpha value is -3.88. The van der Waals surface area contributed by atoms with Crippen molar-refractivity contribution in [1.82, 2.24) is 10.2 Å². The molecule has 0 aliphatic carbocycles. The minimum atomic E-state index is -0.410. The summed E-state index contributed by atoms with van der Waals surface area (Å²) < 4.78 is 16.1. The smallest absolute Gasteiger partial charge is 0.322 e. The zero-order valence-electron chi connectivity index (χ0n) is 16.1. The number of nitrogens with zero attached hydrogens (tertiary/aromatic N) is 3. The average Bonchev–Trinajstić information content (AvgIpc) is 3.47. The molecule has 9 heteroatoms. The van der Waals surface area contributed by atoms with Crippen LogP contribution in [-0.2, 0) is 4.79 Å². The number of aryl methyl sites for hydroxylation is 1. The fourth-order valence-corrected chi connectivity index (χ4v) is 3.50. The Morgan fingerprint density at radius 1 is 1.10 bits per heavy atom. The van der Waals surface area contributed by atoms with Gasteiger partial charge in [-0.25, -0.2) is 0 Å². The van der Waals surface area contributed by atoms with Gasteiger partial charge in [-0.05, 0) is 37.3 Å². The number of anilines is 2. The summed E-state index contributed by atoms with van der Waals surface area (Å²) in [5.41, 5.74) is 2.34. The van der Waals surface area contributed by atoms with Crippen LogP contribution in [0.25, 0.3) is 0 Å². The molecule has 2 aliphatic heterocycles. The molecule has 1 N–H and O–H groups in total. The van der Waals surface area contributed by atoms with E-state index >= 15 is 0 Å². The molecule has 3 aromatic rings. The molecule has 5 rings (SSSR count). The fraction of sp³-hybridized carbons (Fsp3) is 0.238. The van der Waals surface area contributed by atoms with Crippen molar-refractivity contribution in [3.8, 4) is 11.5 Å². The first-order chi connectivity index (χ1) is 14.6. The molecule has 152 valence electrons. The molecule has 9 nitrogen and oxygen atoms in total. The molecule has 2 amide bonds. The van der Waals surface area contributed by atoms with Gasteiger partial charge in [-0.1, -0.05) is 22.8 Å². The van der Waals surface area contributed by atoms with E-state index in [1.807, 2.05) is 31.2 Å². The Morgan fingerprint density at radius 2 is 1.90 bits per heavy atom. The monoisotopic (exact) mass is 406 g/mol. The first-order valence-electron chi connectivity index (χ1n) is 9.48. The van der Waals surface area contributed by atoms with E-state index < -0.39 is 5.91 Å². The van der Waals surface area contributed by atoms with Gasteiger partial charge in [-0.2, -0.15) is 0 Å². The molecule has 2 aliphatic rings. The molecule has 0 saturated carbocycles. The highest BCUT2D eigenvalue weighted by Gasteiger charge is 2.35. The van der Waals surface area contributed by atoms with Gasteiger partial charge < -0.3 is 18.8 Å². The predicted molar refractivity (Wildman–Crippen MR) is 106 cm³/mol. The number of ether oxygens (including phenoxy) is 2. The minimum absolute atomic E-state index is 0.00648. The van der Waals surface area contributed by atoms with Crippen LogP contribution in [0.1, 0.15) is 34.2 Å². The van der Waals surface area contributed by atoms with E-state index in [0.717, 1.165) is 11.3 Å². The molecule has 0 unspecified atom stereocenters. The number of carbonyl (C=O) groups excluding carboxylic acids is 2. The topological polar surface area (TPSA) is 107 Å². The molecule has 1 saturated heterocycles. The van der Waals surface area contributed by atoms with Gasteiger partial charge in [-0.15, -0.1) is 5.10 Å². The number of fused-ring (bicyclic) bond motifs is 1. The number of benzene rings is 2. The van der Waals surface area contributed by atoms with E-state index in [0.29, 0.717) is 29.5 Å². The maximum Gasteiger partial charge on any atom is 0.322 e. The summed E-state index contributed by atoms with van der Waals surface area (Å²) in [4.78, 5) is 26.6. The van der Waals surface area contributed by atoms with Crippen molar-refractivity contribution >= 4 is 23.5 Å². The van der Waals surface area contributed by atoms with Crippen molar-refractivity contribution in [2.45, 2.75) is 19.3 Å². The predicted octanol–water partition coefficient (Wildman–Crippen LogP) is 2.88. The summed E-state index contributed by atoms with van der Waals surface area (Å²) in [6, 6.07) is 12.6. The summed E-state index contributed by atoms with van der Waals surface area (Å²) in [7, 11) is 0. The largest absolute Gasteiger partial charge is 0.454 e. The number of rotatable bonds is 4. The van der Waals surface area contributed by atoms with Gasteiger partial charge in [0.25, 0.3) is 5.91 Å². The lowest BCUT2D eigenvalue weighted by atomic mass is 10.1. The highest BCUT2D eigenvalue weighted by molar-refractivity contribution is 6.03. The third-order valence-electron chi connectivity index (χ3n) is 5.12. The molecule has 0 radical (unpaired) electrons. The van der Waals surface area contributed by atoms with E-state index in [1.165, 1.54) is 0 Å². The third kappa shape index (κ3) is 3.34. The Kier molecular flexibility index (Phi) is 4.35. The second-order valence-electron chi connectivity index (χ2n) is 7.21. The van der Waals surface area contributed by atoms with Crippen LogP contribution in [0.3, 0.4) is 0 Å². The lowest BCUT2D eigenvalue weighted by molar-refractivity contribution is -0.117. The van der Waals surface area contributed by atoms with Gasteiger partial charge in [0.05, 0.1) is 5.92 Å². The normalized spacial score (nSPS) is 17.4. The maximum absolute atomic E-state index is 12.5. The van der Waals surface area contributed by atoms with Crippen LogP contribution in [0.2, 0.25) is 0 Å². The van der Waals surface area contributed by atoms with Crippen molar-refractivity contribution in [1.29, 1.82) is 0 Å². The number of carbonyl (C=O) groups is 2. The molecule has 2 aromatic carbocycles. The van der Waals surface area contributed by atoms with Crippen LogP contribution in [0.15, 0.2) is 46.9 Å². The number of aromatic nitrogens is 2. The van der Waals surface area contributed by atoms with Crippen LogP contribution in [0.5, 0.6) is 11.5 Å². The molecule has 1 aromatic heterocycles. The van der Waals surface area contributed by atoms with Crippen molar-refractivity contribution in [2.75, 3.05) is 23.6 Å². The standard InChI is InChI=1S/C21H18N4O5/c1-12-2-5-15(6-3-12)25-10-14(9-18(25)26)20-23-24-21(30-20)22-19(27)13-4-7-16-17(8-13)29-11-28-16/h2-8,14H,9-11H2,1H3,(H,22,24,27)/t14-/m0/s1. The average molecular weight is 406 g/mol. The van der Waals surface area contributed by atoms with Crippen LogP contribution in [0, 0.1) is 6.92 Å². The van der Waals surface area contributed by atoms with Crippen molar-refractivity contribution in [3.05, 3.63) is 59.5 Å². The number of amides is 2. The summed E-state index contributed by atoms with van der Waals surface area (Å²) in [5.74, 6) is 0.770. The van der Waals surface area contributed by atoms with Gasteiger partial charge in [0.15, 0.2) is 11.5 Å². The summed E-state index contributed by atoms with van der Waals surface area (Å²) in [6.45, 7) is 2.57. The molecule has 0 spiro atoms. The van der Waals surface area contributed by atoms with Crippen molar-refractivity contribution < 1.29 is 23.5 Å². The molecular weight excluding hydrogens is 388 g/mol. The highest BCUT2D eigenvalue weighted by atomic mass is 16.7. The van der Waals surface area contributed by atoms with Crippen LogP contribution >= 0.6 is 0 Å². The van der Waals surface area contributed by atoms with Gasteiger partial charge in [0.2, 0.25) is 18.6 Å². The van der Waals surface area contributed by atoms with Crippen LogP contribution in [0.4, 0.5) is 11.7 Å². The lowest BCUT2D eigenvalue weighted by Crippen LogP contribution is -2.24. The number of nitrogens with one attached hydrogen (secondary N) is 1. The quantitative estimate of drug-likeness (QED) is 0.710. The van der Waals surface area contributed by atoms with Crippen molar-refractivity contribution in [3.63, 3.8) is 0 Å². The van der Waals surface area contributed by atoms with Gasteiger partial charge in [-0.3, -0.25) is 14.9 Å². The van der Waals surface area contributed by atoms with E-state index in [-0.39, 0.29) is 31.1 Å². The molecular formula is C21H18N4O5. The van der Waals surface area contributed by atoms with E-state index in [2.05, 4.69) is 15.5 Å². The first kappa shape index (κ1) is 18.2. The van der Waals surface area contributed by atoms with Gasteiger partial charge in [0, 0.05) is 24.2 Å². The fourth-order valence-electron chi connectivity index (χ4n) is 3.50. The number of hydrogen-bond acceptors (Lipinski definition) is 7. The van der Waals surface area contributed by atoms with E-state index in [1.54, 1.807) is 23.1 Å². The molecule has 0 bridgehead atoms. The zero-order valence-corrected chi connectivity index (χ0v) is 16.1. The van der Waals surface area contributed by atoms with Crippen LogP contribution in [-0.4, -0.2) is 35.3 Å².